The molecule has 4 rings (SSSR count). The van der Waals surface area contributed by atoms with Crippen LogP contribution in [0, 0.1) is 13.8 Å². The number of benzene rings is 1. The van der Waals surface area contributed by atoms with Crippen molar-refractivity contribution in [1.82, 2.24) is 9.47 Å². The smallest absolute Gasteiger partial charge is 0.418 e. The van der Waals surface area contributed by atoms with E-state index in [9.17, 15) is 22.8 Å². The number of hydrogen-bond donors (Lipinski definition) is 0. The predicted octanol–water partition coefficient (Wildman–Crippen LogP) is 5.58. The van der Waals surface area contributed by atoms with E-state index in [2.05, 4.69) is 0 Å². The summed E-state index contributed by atoms with van der Waals surface area (Å²) in [5, 5.41) is 0. The van der Waals surface area contributed by atoms with E-state index in [0.29, 0.717) is 28.4 Å². The topological polar surface area (TPSA) is 64.7 Å². The first kappa shape index (κ1) is 24.1. The number of carbonyl (C=O) groups is 2. The van der Waals surface area contributed by atoms with Gasteiger partial charge in [-0.3, -0.25) is 4.79 Å². The van der Waals surface area contributed by atoms with Gasteiger partial charge in [0.05, 0.1) is 42.3 Å². The number of carbonyl (C=O) groups excluding carboxylic acids is 2. The van der Waals surface area contributed by atoms with Crippen molar-refractivity contribution in [2.24, 2.45) is 0 Å². The fourth-order valence-electron chi connectivity index (χ4n) is 4.35. The zero-order valence-electron chi connectivity index (χ0n) is 19.6. The fraction of sp³-hybridized carbons (Fsp3) is 0.231. The number of para-hydroxylation sites is 1. The molecule has 0 bridgehead atoms. The summed E-state index contributed by atoms with van der Waals surface area (Å²) in [6.45, 7) is 5.11. The highest BCUT2D eigenvalue weighted by Crippen LogP contribution is 2.37. The summed E-state index contributed by atoms with van der Waals surface area (Å²) in [5.74, 6) is -0.579. The maximum absolute atomic E-state index is 13.7. The third kappa shape index (κ3) is 4.29. The van der Waals surface area contributed by atoms with E-state index < -0.39 is 23.6 Å². The molecule has 1 amide bonds. The zero-order valence-corrected chi connectivity index (χ0v) is 19.6. The number of furan rings is 1. The van der Waals surface area contributed by atoms with Crippen LogP contribution in [-0.4, -0.2) is 28.5 Å². The number of hydrogen-bond acceptors (Lipinski definition) is 4. The molecule has 1 aliphatic heterocycles. The Hall–Kier alpha value is -4.01. The van der Waals surface area contributed by atoms with E-state index >= 15 is 0 Å². The normalized spacial score (nSPS) is 15.5. The van der Waals surface area contributed by atoms with Crippen molar-refractivity contribution in [3.8, 4) is 5.69 Å². The summed E-state index contributed by atoms with van der Waals surface area (Å²) >= 11 is 0. The number of nitrogens with zero attached hydrogens (tertiary/aromatic N) is 2. The van der Waals surface area contributed by atoms with Crippen LogP contribution in [0.15, 0.2) is 70.0 Å². The summed E-state index contributed by atoms with van der Waals surface area (Å²) in [6.07, 6.45) is -1.53. The molecule has 0 N–H and O–H groups in total. The van der Waals surface area contributed by atoms with Crippen molar-refractivity contribution < 1.29 is 31.9 Å². The molecule has 0 atom stereocenters. The van der Waals surface area contributed by atoms with Gasteiger partial charge in [0.15, 0.2) is 0 Å². The first-order valence-electron chi connectivity index (χ1n) is 10.8. The molecule has 0 radical (unpaired) electrons. The van der Waals surface area contributed by atoms with E-state index in [-0.39, 0.29) is 23.4 Å². The van der Waals surface area contributed by atoms with Gasteiger partial charge in [0.2, 0.25) is 0 Å². The monoisotopic (exact) mass is 484 g/mol. The Morgan fingerprint density at radius 1 is 1.11 bits per heavy atom. The van der Waals surface area contributed by atoms with Crippen LogP contribution in [0.2, 0.25) is 0 Å². The molecule has 1 aliphatic rings. The average Bonchev–Trinajstić information content (AvgIpc) is 3.48. The Morgan fingerprint density at radius 3 is 2.46 bits per heavy atom. The third-order valence-electron chi connectivity index (χ3n) is 6.02. The van der Waals surface area contributed by atoms with E-state index in [1.165, 1.54) is 47.1 Å². The lowest BCUT2D eigenvalue weighted by atomic mass is 10.0. The maximum atomic E-state index is 13.7. The molecule has 6 nitrogen and oxygen atoms in total. The SMILES string of the molecule is COC(=O)C1=C(C)N(Cc2ccco2)C(=O)C1=Cc1cc(C)n(-c2ccccc2C(F)(F)F)c1C. The number of esters is 1. The molecular formula is C26H23F3N2O4. The molecule has 182 valence electrons. The van der Waals surface area contributed by atoms with Crippen molar-refractivity contribution in [1.29, 1.82) is 0 Å². The van der Waals surface area contributed by atoms with Crippen LogP contribution in [0.25, 0.3) is 11.8 Å². The van der Waals surface area contributed by atoms with Gasteiger partial charge >= 0.3 is 12.1 Å². The molecule has 3 aromatic rings. The number of alkyl halides is 3. The van der Waals surface area contributed by atoms with E-state index in [0.717, 1.165) is 6.07 Å². The number of aryl methyl sites for hydroxylation is 1. The van der Waals surface area contributed by atoms with E-state index in [1.54, 1.807) is 39.0 Å². The molecule has 0 spiro atoms. The second-order valence-electron chi connectivity index (χ2n) is 8.16. The van der Waals surface area contributed by atoms with Crippen molar-refractivity contribution >= 4 is 18.0 Å². The minimum Gasteiger partial charge on any atom is -0.467 e. The largest absolute Gasteiger partial charge is 0.467 e. The highest BCUT2D eigenvalue weighted by atomic mass is 19.4. The molecule has 0 saturated carbocycles. The zero-order chi connectivity index (χ0) is 25.5. The van der Waals surface area contributed by atoms with Crippen molar-refractivity contribution in [3.05, 3.63) is 93.8 Å². The van der Waals surface area contributed by atoms with Gasteiger partial charge in [0.25, 0.3) is 5.91 Å². The van der Waals surface area contributed by atoms with Gasteiger partial charge in [-0.25, -0.2) is 4.79 Å². The van der Waals surface area contributed by atoms with Gasteiger partial charge < -0.3 is 18.6 Å². The van der Waals surface area contributed by atoms with Gasteiger partial charge in [0, 0.05) is 17.1 Å². The van der Waals surface area contributed by atoms with E-state index in [1.807, 2.05) is 0 Å². The molecule has 0 saturated heterocycles. The Bertz CT molecular complexity index is 1360. The van der Waals surface area contributed by atoms with Crippen LogP contribution in [0.1, 0.15) is 35.2 Å². The van der Waals surface area contributed by atoms with Gasteiger partial charge in [-0.2, -0.15) is 13.2 Å². The first-order chi connectivity index (χ1) is 16.5. The van der Waals surface area contributed by atoms with Crippen LogP contribution in [0.5, 0.6) is 0 Å². The number of aromatic nitrogens is 1. The van der Waals surface area contributed by atoms with Crippen molar-refractivity contribution in [3.63, 3.8) is 0 Å². The predicted molar refractivity (Wildman–Crippen MR) is 122 cm³/mol. The van der Waals surface area contributed by atoms with E-state index in [4.69, 9.17) is 9.15 Å². The average molecular weight is 484 g/mol. The molecule has 1 aromatic carbocycles. The fourth-order valence-corrected chi connectivity index (χ4v) is 4.35. The number of rotatable bonds is 5. The van der Waals surface area contributed by atoms with Gasteiger partial charge in [-0.05, 0) is 62.7 Å². The van der Waals surface area contributed by atoms with Crippen LogP contribution in [0.4, 0.5) is 13.2 Å². The Morgan fingerprint density at radius 2 is 1.83 bits per heavy atom. The summed E-state index contributed by atoms with van der Waals surface area (Å²) < 4.78 is 52.7. The summed E-state index contributed by atoms with van der Waals surface area (Å²) in [4.78, 5) is 27.4. The highest BCUT2D eigenvalue weighted by molar-refractivity contribution is 6.16. The van der Waals surface area contributed by atoms with Crippen LogP contribution in [-0.2, 0) is 27.0 Å². The minimum atomic E-state index is -4.54. The lowest BCUT2D eigenvalue weighted by Crippen LogP contribution is -2.24. The van der Waals surface area contributed by atoms with Gasteiger partial charge in [-0.15, -0.1) is 0 Å². The number of allylic oxidation sites excluding steroid dienone is 1. The first-order valence-corrected chi connectivity index (χ1v) is 10.8. The number of halogens is 3. The second-order valence-corrected chi connectivity index (χ2v) is 8.16. The van der Waals surface area contributed by atoms with Crippen molar-refractivity contribution in [2.75, 3.05) is 7.11 Å². The molecule has 2 aromatic heterocycles. The Kier molecular flexibility index (Phi) is 6.19. The third-order valence-corrected chi connectivity index (χ3v) is 6.02. The number of amides is 1. The molecule has 0 aliphatic carbocycles. The number of ether oxygens (including phenoxy) is 1. The summed E-state index contributed by atoms with van der Waals surface area (Å²) in [5.41, 5.74) is 1.37. The Labute approximate surface area is 199 Å². The highest BCUT2D eigenvalue weighted by Gasteiger charge is 2.38. The molecule has 35 heavy (non-hydrogen) atoms. The second kappa shape index (κ2) is 8.98. The number of methoxy groups -OCH3 is 1. The molecule has 3 heterocycles. The molecule has 0 fully saturated rings. The minimum absolute atomic E-state index is 0.0169. The van der Waals surface area contributed by atoms with Crippen LogP contribution < -0.4 is 0 Å². The summed E-state index contributed by atoms with van der Waals surface area (Å²) in [6, 6.07) is 10.4. The van der Waals surface area contributed by atoms with Crippen molar-refractivity contribution in [2.45, 2.75) is 33.5 Å². The van der Waals surface area contributed by atoms with Crippen LogP contribution >= 0.6 is 0 Å². The van der Waals surface area contributed by atoms with Gasteiger partial charge in [0.1, 0.15) is 5.76 Å². The maximum Gasteiger partial charge on any atom is 0.418 e. The molecule has 9 heteroatoms. The van der Waals surface area contributed by atoms with Gasteiger partial charge in [-0.1, -0.05) is 12.1 Å². The molecule has 0 unspecified atom stereocenters. The quantitative estimate of drug-likeness (QED) is 0.350. The summed E-state index contributed by atoms with van der Waals surface area (Å²) in [7, 11) is 1.22. The molecular weight excluding hydrogens is 461 g/mol. The lowest BCUT2D eigenvalue weighted by Gasteiger charge is -2.17. The lowest BCUT2D eigenvalue weighted by molar-refractivity contribution is -0.137. The standard InChI is InChI=1S/C26H23F3N2O4/c1-15-12-18(16(2)31(15)22-10-6-5-9-21(22)26(27,28)29)13-20-23(25(33)34-4)17(3)30(24(20)32)14-19-8-7-11-35-19/h5-13H,14H2,1-4H3. The Balaban J connectivity index is 1.83. The van der Waals surface area contributed by atoms with Crippen LogP contribution in [0.3, 0.4) is 0 Å².